The fourth-order valence-electron chi connectivity index (χ4n) is 2.39. The Morgan fingerprint density at radius 3 is 2.76 bits per heavy atom. The van der Waals surface area contributed by atoms with Crippen molar-refractivity contribution in [3.05, 3.63) is 18.0 Å². The van der Waals surface area contributed by atoms with E-state index in [1.54, 1.807) is 0 Å². The van der Waals surface area contributed by atoms with Crippen molar-refractivity contribution >= 4 is 17.8 Å². The Balaban J connectivity index is 1.61. The lowest BCUT2D eigenvalue weighted by atomic mass is 10.4. The van der Waals surface area contributed by atoms with Gasteiger partial charge in [0, 0.05) is 25.8 Å². The van der Waals surface area contributed by atoms with Gasteiger partial charge in [-0.25, -0.2) is 0 Å². The van der Waals surface area contributed by atoms with Gasteiger partial charge in [0.05, 0.1) is 12.7 Å². The first-order valence-electron chi connectivity index (χ1n) is 7.20. The van der Waals surface area contributed by atoms with Crippen LogP contribution in [-0.2, 0) is 6.54 Å². The van der Waals surface area contributed by atoms with Crippen LogP contribution in [0.2, 0.25) is 0 Å². The van der Waals surface area contributed by atoms with Crippen LogP contribution < -0.4 is 16.0 Å². The van der Waals surface area contributed by atoms with Crippen LogP contribution >= 0.6 is 0 Å². The minimum Gasteiger partial charge on any atom is -0.368 e. The van der Waals surface area contributed by atoms with Crippen LogP contribution in [0.4, 0.5) is 17.8 Å². The fraction of sp³-hybridized carbons (Fsp3) is 0.538. The number of anilines is 3. The Bertz CT molecular complexity index is 602. The smallest absolute Gasteiger partial charge is 0.231 e. The number of rotatable bonds is 5. The Kier molecular flexibility index (Phi) is 3.85. The minimum absolute atomic E-state index is 0.254. The van der Waals surface area contributed by atoms with E-state index in [-0.39, 0.29) is 5.95 Å². The molecule has 21 heavy (non-hydrogen) atoms. The number of hydrogen-bond donors (Lipinski definition) is 2. The first-order valence-corrected chi connectivity index (χ1v) is 7.20. The van der Waals surface area contributed by atoms with Crippen LogP contribution in [0.5, 0.6) is 0 Å². The van der Waals surface area contributed by atoms with E-state index >= 15 is 0 Å². The monoisotopic (exact) mass is 288 g/mol. The molecule has 8 heteroatoms. The lowest BCUT2D eigenvalue weighted by molar-refractivity contribution is 0.635. The maximum Gasteiger partial charge on any atom is 0.231 e. The molecule has 8 nitrogen and oxygen atoms in total. The molecule has 0 aromatic carbocycles. The van der Waals surface area contributed by atoms with Crippen LogP contribution in [0.3, 0.4) is 0 Å². The normalized spacial score (nSPS) is 14.6. The SMILES string of the molecule is Cc1cnn(CCNc2nc(N)nc(N3CCCC3)n2)c1. The first kappa shape index (κ1) is 13.6. The van der Waals surface area contributed by atoms with Gasteiger partial charge in [0.1, 0.15) is 0 Å². The van der Waals surface area contributed by atoms with Crippen LogP contribution in [0, 0.1) is 6.92 Å². The standard InChI is InChI=1S/C13H20N8/c1-10-8-16-21(9-10)7-4-15-12-17-11(14)18-13(19-12)20-5-2-3-6-20/h8-9H,2-7H2,1H3,(H3,14,15,17,18,19). The molecule has 1 aliphatic rings. The summed E-state index contributed by atoms with van der Waals surface area (Å²) in [6.07, 6.45) is 6.19. The van der Waals surface area contributed by atoms with Crippen LogP contribution in [-0.4, -0.2) is 44.4 Å². The van der Waals surface area contributed by atoms with Gasteiger partial charge in [-0.2, -0.15) is 20.1 Å². The molecular formula is C13H20N8. The quantitative estimate of drug-likeness (QED) is 0.834. The number of nitrogen functional groups attached to an aromatic ring is 1. The predicted octanol–water partition coefficient (Wildman–Crippen LogP) is 0.671. The molecular weight excluding hydrogens is 268 g/mol. The van der Waals surface area contributed by atoms with E-state index in [4.69, 9.17) is 5.73 Å². The van der Waals surface area contributed by atoms with Gasteiger partial charge in [-0.05, 0) is 25.3 Å². The van der Waals surface area contributed by atoms with E-state index in [2.05, 4.69) is 30.3 Å². The van der Waals surface area contributed by atoms with Gasteiger partial charge in [0.25, 0.3) is 0 Å². The largest absolute Gasteiger partial charge is 0.368 e. The van der Waals surface area contributed by atoms with Crippen molar-refractivity contribution in [2.45, 2.75) is 26.3 Å². The van der Waals surface area contributed by atoms with Crippen LogP contribution in [0.25, 0.3) is 0 Å². The van der Waals surface area contributed by atoms with Gasteiger partial charge >= 0.3 is 0 Å². The maximum atomic E-state index is 5.77. The number of nitrogens with two attached hydrogens (primary N) is 1. The number of hydrogen-bond acceptors (Lipinski definition) is 7. The van der Waals surface area contributed by atoms with Gasteiger partial charge in [0.15, 0.2) is 0 Å². The molecule has 0 radical (unpaired) electrons. The fourth-order valence-corrected chi connectivity index (χ4v) is 2.39. The zero-order valence-corrected chi connectivity index (χ0v) is 12.2. The van der Waals surface area contributed by atoms with Crippen LogP contribution in [0.1, 0.15) is 18.4 Å². The molecule has 0 aliphatic carbocycles. The molecule has 3 N–H and O–H groups in total. The lowest BCUT2D eigenvalue weighted by Gasteiger charge is -2.16. The molecule has 2 aromatic heterocycles. The summed E-state index contributed by atoms with van der Waals surface area (Å²) in [5, 5.41) is 7.41. The zero-order chi connectivity index (χ0) is 14.7. The highest BCUT2D eigenvalue weighted by Gasteiger charge is 2.16. The van der Waals surface area contributed by atoms with Crippen molar-refractivity contribution in [3.8, 4) is 0 Å². The van der Waals surface area contributed by atoms with Crippen molar-refractivity contribution in [2.24, 2.45) is 0 Å². The van der Waals surface area contributed by atoms with E-state index in [0.717, 1.165) is 25.2 Å². The summed E-state index contributed by atoms with van der Waals surface area (Å²) in [6.45, 7) is 5.42. The molecule has 0 unspecified atom stereocenters. The van der Waals surface area contributed by atoms with Gasteiger partial charge < -0.3 is 16.0 Å². The zero-order valence-electron chi connectivity index (χ0n) is 12.2. The molecule has 3 rings (SSSR count). The van der Waals surface area contributed by atoms with Crippen molar-refractivity contribution < 1.29 is 0 Å². The summed E-state index contributed by atoms with van der Waals surface area (Å²) in [5.41, 5.74) is 6.92. The summed E-state index contributed by atoms with van der Waals surface area (Å²) in [4.78, 5) is 14.9. The van der Waals surface area contributed by atoms with Gasteiger partial charge in [-0.15, -0.1) is 0 Å². The molecule has 0 spiro atoms. The molecule has 1 fully saturated rings. The molecule has 0 saturated carbocycles. The van der Waals surface area contributed by atoms with E-state index in [9.17, 15) is 0 Å². The van der Waals surface area contributed by atoms with Crippen molar-refractivity contribution in [2.75, 3.05) is 35.6 Å². The molecule has 112 valence electrons. The van der Waals surface area contributed by atoms with Gasteiger partial charge in [-0.1, -0.05) is 0 Å². The van der Waals surface area contributed by atoms with Crippen molar-refractivity contribution in [1.29, 1.82) is 0 Å². The lowest BCUT2D eigenvalue weighted by Crippen LogP contribution is -2.22. The average Bonchev–Trinajstić information content (AvgIpc) is 3.10. The molecule has 0 atom stereocenters. The highest BCUT2D eigenvalue weighted by Crippen LogP contribution is 2.17. The molecule has 0 amide bonds. The number of aromatic nitrogens is 5. The molecule has 1 aliphatic heterocycles. The summed E-state index contributed by atoms with van der Waals surface area (Å²) in [7, 11) is 0. The van der Waals surface area contributed by atoms with E-state index in [1.165, 1.54) is 12.8 Å². The third-order valence-electron chi connectivity index (χ3n) is 3.42. The molecule has 2 aromatic rings. The Morgan fingerprint density at radius 1 is 1.24 bits per heavy atom. The van der Waals surface area contributed by atoms with Crippen LogP contribution in [0.15, 0.2) is 12.4 Å². The molecule has 1 saturated heterocycles. The second-order valence-electron chi connectivity index (χ2n) is 5.22. The minimum atomic E-state index is 0.254. The topological polar surface area (TPSA) is 97.8 Å². The van der Waals surface area contributed by atoms with Crippen molar-refractivity contribution in [1.82, 2.24) is 24.7 Å². The van der Waals surface area contributed by atoms with Crippen molar-refractivity contribution in [3.63, 3.8) is 0 Å². The second kappa shape index (κ2) is 5.94. The Hall–Kier alpha value is -2.38. The molecule has 3 heterocycles. The summed E-state index contributed by atoms with van der Waals surface area (Å²) < 4.78 is 1.88. The second-order valence-corrected chi connectivity index (χ2v) is 5.22. The van der Waals surface area contributed by atoms with Gasteiger partial charge in [-0.3, -0.25) is 4.68 Å². The number of aryl methyl sites for hydroxylation is 1. The Morgan fingerprint density at radius 2 is 2.05 bits per heavy atom. The summed E-state index contributed by atoms with van der Waals surface area (Å²) in [5.74, 6) is 1.44. The average molecular weight is 288 g/mol. The third-order valence-corrected chi connectivity index (χ3v) is 3.42. The maximum absolute atomic E-state index is 5.77. The molecule has 0 bridgehead atoms. The predicted molar refractivity (Wildman–Crippen MR) is 81.1 cm³/mol. The Labute approximate surface area is 123 Å². The first-order chi connectivity index (χ1) is 10.2. The summed E-state index contributed by atoms with van der Waals surface area (Å²) >= 11 is 0. The van der Waals surface area contributed by atoms with E-state index in [1.807, 2.05) is 24.0 Å². The number of nitrogens with one attached hydrogen (secondary N) is 1. The summed E-state index contributed by atoms with van der Waals surface area (Å²) in [6, 6.07) is 0. The van der Waals surface area contributed by atoms with E-state index < -0.39 is 0 Å². The number of nitrogens with zero attached hydrogens (tertiary/aromatic N) is 6. The third kappa shape index (κ3) is 3.39. The highest BCUT2D eigenvalue weighted by molar-refractivity contribution is 5.42. The van der Waals surface area contributed by atoms with Gasteiger partial charge in [0.2, 0.25) is 17.8 Å². The highest BCUT2D eigenvalue weighted by atomic mass is 15.3. The van der Waals surface area contributed by atoms with E-state index in [0.29, 0.717) is 18.4 Å².